The zero-order valence-electron chi connectivity index (χ0n) is 13.1. The molecule has 0 atom stereocenters. The van der Waals surface area contributed by atoms with Gasteiger partial charge in [0.15, 0.2) is 11.6 Å². The van der Waals surface area contributed by atoms with Crippen LogP contribution in [0.3, 0.4) is 0 Å². The Bertz CT molecular complexity index is 730. The van der Waals surface area contributed by atoms with Crippen LogP contribution in [-0.4, -0.2) is 53.9 Å². The van der Waals surface area contributed by atoms with Gasteiger partial charge in [-0.15, -0.1) is 0 Å². The van der Waals surface area contributed by atoms with E-state index in [0.29, 0.717) is 22.4 Å². The lowest BCUT2D eigenvalue weighted by molar-refractivity contribution is 0.294. The Balaban J connectivity index is 1.54. The first-order valence-corrected chi connectivity index (χ1v) is 8.48. The van der Waals surface area contributed by atoms with Crippen molar-refractivity contribution in [2.45, 2.75) is 0 Å². The minimum atomic E-state index is 0.0918. The topological polar surface area (TPSA) is 52.0 Å². The van der Waals surface area contributed by atoms with Gasteiger partial charge in [-0.25, -0.2) is 9.98 Å². The maximum atomic E-state index is 9.64. The summed E-state index contributed by atoms with van der Waals surface area (Å²) in [6.07, 6.45) is 3.39. The monoisotopic (exact) mass is 364 g/mol. The van der Waals surface area contributed by atoms with E-state index < -0.39 is 0 Å². The van der Waals surface area contributed by atoms with Gasteiger partial charge < -0.3 is 10.0 Å². The predicted molar refractivity (Wildman–Crippen MR) is 99.2 cm³/mol. The molecule has 2 aromatic rings. The van der Waals surface area contributed by atoms with Crippen molar-refractivity contribution in [2.75, 3.05) is 37.6 Å². The van der Waals surface area contributed by atoms with Crippen molar-refractivity contribution < 1.29 is 5.11 Å². The normalized spacial score (nSPS) is 16.0. The van der Waals surface area contributed by atoms with Gasteiger partial charge in [0, 0.05) is 45.1 Å². The smallest absolute Gasteiger partial charge is 0.194 e. The summed E-state index contributed by atoms with van der Waals surface area (Å²) >= 11 is 12.4. The Morgan fingerprint density at radius 2 is 1.92 bits per heavy atom. The van der Waals surface area contributed by atoms with Crippen LogP contribution in [0.5, 0.6) is 5.75 Å². The first-order chi connectivity index (χ1) is 11.6. The maximum Gasteiger partial charge on any atom is 0.194 e. The number of piperazine rings is 1. The Labute approximate surface area is 151 Å². The zero-order chi connectivity index (χ0) is 16.9. The minimum Gasteiger partial charge on any atom is -0.504 e. The molecule has 0 unspecified atom stereocenters. The molecule has 0 amide bonds. The largest absolute Gasteiger partial charge is 0.504 e. The van der Waals surface area contributed by atoms with E-state index >= 15 is 0 Å². The second kappa shape index (κ2) is 7.83. The molecule has 0 spiro atoms. The average molecular weight is 365 g/mol. The zero-order valence-corrected chi connectivity index (χ0v) is 14.6. The van der Waals surface area contributed by atoms with Crippen LogP contribution in [0.4, 0.5) is 11.5 Å². The van der Waals surface area contributed by atoms with Gasteiger partial charge in [-0.3, -0.25) is 4.90 Å². The molecule has 0 aliphatic carbocycles. The summed E-state index contributed by atoms with van der Waals surface area (Å²) in [5.74, 6) is 0.441. The van der Waals surface area contributed by atoms with Crippen molar-refractivity contribution in [2.24, 2.45) is 4.99 Å². The fourth-order valence-electron chi connectivity index (χ4n) is 2.64. The minimum absolute atomic E-state index is 0.0918. The van der Waals surface area contributed by atoms with Gasteiger partial charge in [0.05, 0.1) is 15.7 Å². The summed E-state index contributed by atoms with van der Waals surface area (Å²) in [4.78, 5) is 12.8. The molecule has 0 radical (unpaired) electrons. The van der Waals surface area contributed by atoms with Crippen molar-refractivity contribution in [3.05, 3.63) is 46.6 Å². The Morgan fingerprint density at radius 1 is 1.12 bits per heavy atom. The van der Waals surface area contributed by atoms with Crippen LogP contribution in [0.1, 0.15) is 0 Å². The summed E-state index contributed by atoms with van der Waals surface area (Å²) in [7, 11) is 0. The molecule has 2 heterocycles. The van der Waals surface area contributed by atoms with E-state index in [1.165, 1.54) is 0 Å². The van der Waals surface area contributed by atoms with E-state index in [9.17, 15) is 5.11 Å². The molecule has 1 aromatic heterocycles. The molecule has 3 rings (SSSR count). The highest BCUT2D eigenvalue weighted by atomic mass is 35.5. The second-order valence-corrected chi connectivity index (χ2v) is 6.30. The van der Waals surface area contributed by atoms with Gasteiger partial charge in [-0.1, -0.05) is 29.3 Å². The lowest BCUT2D eigenvalue weighted by Crippen LogP contribution is -2.47. The lowest BCUT2D eigenvalue weighted by Gasteiger charge is -2.36. The summed E-state index contributed by atoms with van der Waals surface area (Å²) in [6, 6.07) is 8.96. The highest BCUT2D eigenvalue weighted by Gasteiger charge is 2.19. The van der Waals surface area contributed by atoms with Gasteiger partial charge >= 0.3 is 0 Å². The van der Waals surface area contributed by atoms with Crippen LogP contribution < -0.4 is 4.90 Å². The fraction of sp³-hybridized carbons (Fsp3) is 0.294. The molecule has 1 aromatic carbocycles. The highest BCUT2D eigenvalue weighted by molar-refractivity contribution is 6.43. The molecule has 1 aliphatic rings. The number of hydrogen-bond acceptors (Lipinski definition) is 5. The van der Waals surface area contributed by atoms with Crippen LogP contribution in [0.25, 0.3) is 0 Å². The lowest BCUT2D eigenvalue weighted by atomic mass is 10.2. The van der Waals surface area contributed by atoms with Crippen molar-refractivity contribution in [3.8, 4) is 5.75 Å². The highest BCUT2D eigenvalue weighted by Crippen LogP contribution is 2.32. The molecular weight excluding hydrogens is 347 g/mol. The van der Waals surface area contributed by atoms with Crippen molar-refractivity contribution in [1.82, 2.24) is 9.88 Å². The van der Waals surface area contributed by atoms with Gasteiger partial charge in [0.25, 0.3) is 0 Å². The molecule has 1 aliphatic heterocycles. The number of hydrogen-bond donors (Lipinski definition) is 1. The number of nitrogens with zero attached hydrogens (tertiary/aromatic N) is 4. The van der Waals surface area contributed by atoms with E-state index in [1.807, 2.05) is 12.1 Å². The molecule has 1 saturated heterocycles. The van der Waals surface area contributed by atoms with E-state index in [-0.39, 0.29) is 5.75 Å². The van der Waals surface area contributed by atoms with Gasteiger partial charge in [-0.2, -0.15) is 0 Å². The molecule has 0 bridgehead atoms. The van der Waals surface area contributed by atoms with E-state index in [1.54, 1.807) is 30.6 Å². The second-order valence-electron chi connectivity index (χ2n) is 5.52. The average Bonchev–Trinajstić information content (AvgIpc) is 2.60. The van der Waals surface area contributed by atoms with Crippen LogP contribution in [-0.2, 0) is 0 Å². The molecule has 7 heteroatoms. The number of rotatable bonds is 4. The van der Waals surface area contributed by atoms with E-state index in [0.717, 1.165) is 31.9 Å². The number of halogens is 2. The molecular formula is C17H18Cl2N4O. The molecule has 24 heavy (non-hydrogen) atoms. The number of pyridine rings is 1. The molecule has 126 valence electrons. The third-order valence-electron chi connectivity index (χ3n) is 3.96. The summed E-state index contributed by atoms with van der Waals surface area (Å²) in [5, 5.41) is 10.8. The van der Waals surface area contributed by atoms with Crippen LogP contribution in [0.15, 0.2) is 41.5 Å². The number of anilines is 1. The van der Waals surface area contributed by atoms with E-state index in [4.69, 9.17) is 23.2 Å². The van der Waals surface area contributed by atoms with E-state index in [2.05, 4.69) is 19.8 Å². The molecule has 5 nitrogen and oxygen atoms in total. The van der Waals surface area contributed by atoms with Crippen LogP contribution >= 0.6 is 23.2 Å². The summed E-state index contributed by atoms with van der Waals surface area (Å²) in [6.45, 7) is 4.28. The van der Waals surface area contributed by atoms with Gasteiger partial charge in [0.1, 0.15) is 0 Å². The quantitative estimate of drug-likeness (QED) is 0.841. The first-order valence-electron chi connectivity index (χ1n) is 7.73. The van der Waals surface area contributed by atoms with Crippen molar-refractivity contribution in [3.63, 3.8) is 0 Å². The molecule has 0 saturated carbocycles. The van der Waals surface area contributed by atoms with Gasteiger partial charge in [0.2, 0.25) is 0 Å². The third kappa shape index (κ3) is 3.98. The van der Waals surface area contributed by atoms with Crippen LogP contribution in [0.2, 0.25) is 10.0 Å². The predicted octanol–water partition coefficient (Wildman–Crippen LogP) is 3.62. The first kappa shape index (κ1) is 17.0. The SMILES string of the molecule is Oc1cccnc1/N=C/CN1CCN(c2cccc(Cl)c2Cl)CC1. The number of aliphatic imine (C=N–C) groups is 1. The van der Waals surface area contributed by atoms with Gasteiger partial charge in [-0.05, 0) is 24.3 Å². The van der Waals surface area contributed by atoms with Crippen LogP contribution in [0, 0.1) is 0 Å². The molecule has 1 fully saturated rings. The fourth-order valence-corrected chi connectivity index (χ4v) is 3.05. The maximum absolute atomic E-state index is 9.64. The Hall–Kier alpha value is -1.82. The standard InChI is InChI=1S/C17H18Cl2N4O/c18-13-3-1-4-14(16(13)19)23-11-9-22(10-12-23)8-7-21-17-15(24)5-2-6-20-17/h1-7,24H,8-12H2/b21-7+. The number of aromatic nitrogens is 1. The third-order valence-corrected chi connectivity index (χ3v) is 4.77. The number of aromatic hydroxyl groups is 1. The molecule has 1 N–H and O–H groups in total. The Kier molecular flexibility index (Phi) is 5.56. The van der Waals surface area contributed by atoms with Crippen molar-refractivity contribution >= 4 is 40.9 Å². The Morgan fingerprint density at radius 3 is 2.67 bits per heavy atom. The summed E-state index contributed by atoms with van der Waals surface area (Å²) in [5.41, 5.74) is 0.982. The summed E-state index contributed by atoms with van der Waals surface area (Å²) < 4.78 is 0. The van der Waals surface area contributed by atoms with Crippen molar-refractivity contribution in [1.29, 1.82) is 0 Å². The number of benzene rings is 1.